The average molecular weight is 593 g/mol. The minimum Gasteiger partial charge on any atom is -0.451 e. The molecule has 8 heteroatoms. The third-order valence-electron chi connectivity index (χ3n) is 5.58. The molecule has 0 unspecified atom stereocenters. The van der Waals surface area contributed by atoms with E-state index in [0.29, 0.717) is 28.4 Å². The Morgan fingerprint density at radius 1 is 0.886 bits per heavy atom. The summed E-state index contributed by atoms with van der Waals surface area (Å²) in [7, 11) is 0. The SMILES string of the molecule is Cc1ccc(-c2ccc(C(=O)NC(=S)Nc3ccc4oc(-c5ccc(I)cc5)nc4c3)o2)cc1C. The molecule has 2 heterocycles. The zero-order valence-electron chi connectivity index (χ0n) is 18.9. The van der Waals surface area contributed by atoms with Gasteiger partial charge in [-0.2, -0.15) is 0 Å². The molecule has 0 bridgehead atoms. The maximum atomic E-state index is 12.6. The van der Waals surface area contributed by atoms with Crippen LogP contribution in [-0.2, 0) is 0 Å². The molecule has 174 valence electrons. The van der Waals surface area contributed by atoms with Crippen LogP contribution >= 0.6 is 34.8 Å². The Labute approximate surface area is 220 Å². The fourth-order valence-electron chi connectivity index (χ4n) is 3.56. The predicted molar refractivity (Wildman–Crippen MR) is 149 cm³/mol. The van der Waals surface area contributed by atoms with Crippen molar-refractivity contribution in [3.63, 3.8) is 0 Å². The standard InChI is InChI=1S/C27H20IN3O3S/c1-15-3-4-18(13-16(15)2)22-11-12-24(33-22)25(32)31-27(35)29-20-9-10-23-21(14-20)30-26(34-23)17-5-7-19(28)8-6-17/h3-14H,1-2H3,(H2,29,31,32,35). The van der Waals surface area contributed by atoms with Crippen molar-refractivity contribution in [1.29, 1.82) is 0 Å². The number of thiocarbonyl (C=S) groups is 1. The molecular weight excluding hydrogens is 573 g/mol. The third kappa shape index (κ3) is 5.13. The number of hydrogen-bond acceptors (Lipinski definition) is 5. The predicted octanol–water partition coefficient (Wildman–Crippen LogP) is 7.10. The lowest BCUT2D eigenvalue weighted by Gasteiger charge is -2.08. The monoisotopic (exact) mass is 593 g/mol. The van der Waals surface area contributed by atoms with Gasteiger partial charge in [-0.15, -0.1) is 0 Å². The molecule has 0 atom stereocenters. The van der Waals surface area contributed by atoms with Crippen molar-refractivity contribution in [2.75, 3.05) is 5.32 Å². The Bertz CT molecular complexity index is 1570. The molecule has 0 spiro atoms. The number of aryl methyl sites for hydroxylation is 2. The summed E-state index contributed by atoms with van der Waals surface area (Å²) in [5.41, 5.74) is 6.20. The maximum absolute atomic E-state index is 12.6. The number of benzene rings is 3. The summed E-state index contributed by atoms with van der Waals surface area (Å²) in [6, 6.07) is 22.8. The summed E-state index contributed by atoms with van der Waals surface area (Å²) in [5.74, 6) is 0.914. The number of oxazole rings is 1. The van der Waals surface area contributed by atoms with Crippen molar-refractivity contribution in [3.05, 3.63) is 93.3 Å². The Hall–Kier alpha value is -3.50. The number of aromatic nitrogens is 1. The zero-order chi connectivity index (χ0) is 24.5. The van der Waals surface area contributed by atoms with Crippen molar-refractivity contribution in [1.82, 2.24) is 10.3 Å². The van der Waals surface area contributed by atoms with Gasteiger partial charge >= 0.3 is 0 Å². The van der Waals surface area contributed by atoms with Gasteiger partial charge in [-0.25, -0.2) is 4.98 Å². The van der Waals surface area contributed by atoms with E-state index in [0.717, 1.165) is 20.3 Å². The van der Waals surface area contributed by atoms with E-state index in [1.807, 2.05) is 67.6 Å². The number of furan rings is 1. The smallest absolute Gasteiger partial charge is 0.293 e. The maximum Gasteiger partial charge on any atom is 0.293 e. The van der Waals surface area contributed by atoms with E-state index in [4.69, 9.17) is 21.1 Å². The van der Waals surface area contributed by atoms with Gasteiger partial charge in [0.2, 0.25) is 5.89 Å². The van der Waals surface area contributed by atoms with Crippen LogP contribution in [0.5, 0.6) is 0 Å². The Morgan fingerprint density at radius 2 is 1.66 bits per heavy atom. The van der Waals surface area contributed by atoms with E-state index < -0.39 is 5.91 Å². The summed E-state index contributed by atoms with van der Waals surface area (Å²) < 4.78 is 12.8. The van der Waals surface area contributed by atoms with Crippen LogP contribution in [0.3, 0.4) is 0 Å². The van der Waals surface area contributed by atoms with Crippen LogP contribution in [0, 0.1) is 17.4 Å². The molecule has 6 nitrogen and oxygen atoms in total. The number of nitrogens with zero attached hydrogens (tertiary/aromatic N) is 1. The first-order valence-corrected chi connectivity index (χ1v) is 12.3. The summed E-state index contributed by atoms with van der Waals surface area (Å²) in [6.45, 7) is 4.09. The molecule has 5 rings (SSSR count). The largest absolute Gasteiger partial charge is 0.451 e. The number of amides is 1. The molecule has 0 radical (unpaired) electrons. The van der Waals surface area contributed by atoms with Gasteiger partial charge in [0.25, 0.3) is 5.91 Å². The first kappa shape index (κ1) is 23.3. The molecule has 0 saturated carbocycles. The van der Waals surface area contributed by atoms with Crippen LogP contribution < -0.4 is 10.6 Å². The Morgan fingerprint density at radius 3 is 2.43 bits per heavy atom. The topological polar surface area (TPSA) is 80.3 Å². The molecule has 0 aliphatic carbocycles. The lowest BCUT2D eigenvalue weighted by Crippen LogP contribution is -2.33. The van der Waals surface area contributed by atoms with Crippen LogP contribution in [0.4, 0.5) is 5.69 Å². The molecule has 0 saturated heterocycles. The second-order valence-electron chi connectivity index (χ2n) is 8.08. The normalized spacial score (nSPS) is 10.9. The fraction of sp³-hybridized carbons (Fsp3) is 0.0741. The van der Waals surface area contributed by atoms with E-state index in [1.165, 1.54) is 5.56 Å². The van der Waals surface area contributed by atoms with E-state index in [9.17, 15) is 4.79 Å². The van der Waals surface area contributed by atoms with Gasteiger partial charge < -0.3 is 14.2 Å². The molecular formula is C27H20IN3O3S. The van der Waals surface area contributed by atoms with Gasteiger partial charge in [-0.1, -0.05) is 12.1 Å². The molecule has 2 N–H and O–H groups in total. The highest BCUT2D eigenvalue weighted by Gasteiger charge is 2.15. The van der Waals surface area contributed by atoms with Crippen molar-refractivity contribution >= 4 is 62.6 Å². The lowest BCUT2D eigenvalue weighted by molar-refractivity contribution is 0.0951. The lowest BCUT2D eigenvalue weighted by atomic mass is 10.1. The van der Waals surface area contributed by atoms with Crippen LogP contribution in [0.15, 0.2) is 81.6 Å². The van der Waals surface area contributed by atoms with E-state index in [-0.39, 0.29) is 10.9 Å². The van der Waals surface area contributed by atoms with E-state index >= 15 is 0 Å². The van der Waals surface area contributed by atoms with Crippen LogP contribution in [0.2, 0.25) is 0 Å². The van der Waals surface area contributed by atoms with Gasteiger partial charge in [0.05, 0.1) is 0 Å². The summed E-state index contributed by atoms with van der Waals surface area (Å²) in [5, 5.41) is 5.83. The number of rotatable bonds is 4. The number of anilines is 1. The van der Waals surface area contributed by atoms with Gasteiger partial charge in [-0.3, -0.25) is 10.1 Å². The number of hydrogen-bond donors (Lipinski definition) is 2. The van der Waals surface area contributed by atoms with Crippen molar-refractivity contribution in [2.45, 2.75) is 13.8 Å². The quantitative estimate of drug-likeness (QED) is 0.171. The minimum absolute atomic E-state index is 0.153. The second-order valence-corrected chi connectivity index (χ2v) is 9.73. The second kappa shape index (κ2) is 9.63. The van der Waals surface area contributed by atoms with Gasteiger partial charge in [-0.05, 0) is 120 Å². The molecule has 3 aromatic carbocycles. The fourth-order valence-corrected chi connectivity index (χ4v) is 4.13. The zero-order valence-corrected chi connectivity index (χ0v) is 21.9. The molecule has 2 aromatic heterocycles. The highest BCUT2D eigenvalue weighted by molar-refractivity contribution is 14.1. The summed E-state index contributed by atoms with van der Waals surface area (Å²) in [6.07, 6.45) is 0. The molecule has 0 fully saturated rings. The first-order valence-electron chi connectivity index (χ1n) is 10.8. The molecule has 0 aliphatic heterocycles. The van der Waals surface area contributed by atoms with Gasteiger partial charge in [0, 0.05) is 20.4 Å². The van der Waals surface area contributed by atoms with Crippen LogP contribution in [0.1, 0.15) is 21.7 Å². The van der Waals surface area contributed by atoms with Crippen molar-refractivity contribution in [2.24, 2.45) is 0 Å². The van der Waals surface area contributed by atoms with Crippen molar-refractivity contribution in [3.8, 4) is 22.8 Å². The number of carbonyl (C=O) groups excluding carboxylic acids is 1. The highest BCUT2D eigenvalue weighted by atomic mass is 127. The highest BCUT2D eigenvalue weighted by Crippen LogP contribution is 2.27. The van der Waals surface area contributed by atoms with E-state index in [2.05, 4.69) is 45.1 Å². The van der Waals surface area contributed by atoms with Crippen LogP contribution in [-0.4, -0.2) is 16.0 Å². The van der Waals surface area contributed by atoms with Crippen LogP contribution in [0.25, 0.3) is 33.9 Å². The molecule has 35 heavy (non-hydrogen) atoms. The van der Waals surface area contributed by atoms with Gasteiger partial charge in [0.1, 0.15) is 11.3 Å². The first-order chi connectivity index (χ1) is 16.9. The third-order valence-corrected chi connectivity index (χ3v) is 6.51. The van der Waals surface area contributed by atoms with Gasteiger partial charge in [0.15, 0.2) is 16.5 Å². The number of carbonyl (C=O) groups is 1. The summed E-state index contributed by atoms with van der Waals surface area (Å²) in [4.78, 5) is 17.2. The number of halogens is 1. The van der Waals surface area contributed by atoms with E-state index in [1.54, 1.807) is 12.1 Å². The molecule has 5 aromatic rings. The number of nitrogens with one attached hydrogen (secondary N) is 2. The molecule has 0 aliphatic rings. The van der Waals surface area contributed by atoms with Crippen molar-refractivity contribution < 1.29 is 13.6 Å². The Kier molecular flexibility index (Phi) is 6.40. The minimum atomic E-state index is -0.430. The summed E-state index contributed by atoms with van der Waals surface area (Å²) >= 11 is 7.59. The number of fused-ring (bicyclic) bond motifs is 1. The molecule has 1 amide bonds. The average Bonchev–Trinajstić information content (AvgIpc) is 3.49. The Balaban J connectivity index is 1.26.